The molecule has 2 aromatic rings. The number of pyridine rings is 1. The number of amides is 1. The van der Waals surface area contributed by atoms with Crippen molar-refractivity contribution in [1.29, 1.82) is 0 Å². The number of halogens is 1. The van der Waals surface area contributed by atoms with Crippen molar-refractivity contribution in [1.82, 2.24) is 9.29 Å². The molecule has 0 aliphatic heterocycles. The van der Waals surface area contributed by atoms with E-state index in [1.807, 2.05) is 0 Å². The van der Waals surface area contributed by atoms with Crippen LogP contribution in [0.5, 0.6) is 0 Å². The highest BCUT2D eigenvalue weighted by Gasteiger charge is 2.25. The van der Waals surface area contributed by atoms with E-state index in [1.54, 1.807) is 32.0 Å². The van der Waals surface area contributed by atoms with Crippen LogP contribution < -0.4 is 5.32 Å². The molecule has 0 aliphatic rings. The van der Waals surface area contributed by atoms with Crippen LogP contribution in [0.25, 0.3) is 0 Å². The van der Waals surface area contributed by atoms with Crippen molar-refractivity contribution in [2.75, 3.05) is 18.4 Å². The molecule has 0 bridgehead atoms. The molecule has 0 aliphatic carbocycles. The van der Waals surface area contributed by atoms with E-state index in [9.17, 15) is 13.2 Å². The van der Waals surface area contributed by atoms with Crippen molar-refractivity contribution in [2.24, 2.45) is 0 Å². The maximum atomic E-state index is 12.6. The zero-order valence-corrected chi connectivity index (χ0v) is 14.9. The summed E-state index contributed by atoms with van der Waals surface area (Å²) in [5, 5.41) is 2.78. The van der Waals surface area contributed by atoms with Crippen molar-refractivity contribution in [3.8, 4) is 0 Å². The summed E-state index contributed by atoms with van der Waals surface area (Å²) < 4.78 is 26.6. The number of carbonyl (C=O) groups excluding carboxylic acids is 1. The van der Waals surface area contributed by atoms with Crippen molar-refractivity contribution in [2.45, 2.75) is 18.7 Å². The van der Waals surface area contributed by atoms with Gasteiger partial charge in [0.2, 0.25) is 10.0 Å². The van der Waals surface area contributed by atoms with Crippen LogP contribution in [0.2, 0.25) is 5.02 Å². The van der Waals surface area contributed by atoms with Crippen LogP contribution in [0.1, 0.15) is 24.2 Å². The minimum Gasteiger partial charge on any atom is -0.322 e. The Balaban J connectivity index is 2.34. The van der Waals surface area contributed by atoms with Gasteiger partial charge in [-0.3, -0.25) is 9.78 Å². The maximum absolute atomic E-state index is 12.6. The molecule has 0 saturated carbocycles. The smallest absolute Gasteiger partial charge is 0.255 e. The first-order valence-corrected chi connectivity index (χ1v) is 9.23. The average Bonchev–Trinajstić information content (AvgIpc) is 2.58. The lowest BCUT2D eigenvalue weighted by Crippen LogP contribution is -2.30. The van der Waals surface area contributed by atoms with Crippen molar-refractivity contribution >= 4 is 33.2 Å². The van der Waals surface area contributed by atoms with E-state index in [0.29, 0.717) is 24.3 Å². The van der Waals surface area contributed by atoms with Gasteiger partial charge < -0.3 is 5.32 Å². The molecule has 0 fully saturated rings. The third-order valence-corrected chi connectivity index (χ3v) is 5.99. The summed E-state index contributed by atoms with van der Waals surface area (Å²) in [5.74, 6) is -0.356. The van der Waals surface area contributed by atoms with E-state index in [-0.39, 0.29) is 15.8 Å². The Morgan fingerprint density at radius 1 is 1.17 bits per heavy atom. The molecule has 128 valence electrons. The molecule has 0 saturated heterocycles. The number of nitrogens with zero attached hydrogens (tertiary/aromatic N) is 2. The molecule has 0 spiro atoms. The minimum atomic E-state index is -3.71. The van der Waals surface area contributed by atoms with Crippen LogP contribution in [0.4, 0.5) is 5.69 Å². The third kappa shape index (κ3) is 3.92. The van der Waals surface area contributed by atoms with E-state index in [1.165, 1.54) is 28.8 Å². The predicted octanol–water partition coefficient (Wildman–Crippen LogP) is 3.02. The van der Waals surface area contributed by atoms with Crippen molar-refractivity contribution < 1.29 is 13.2 Å². The Bertz CT molecular complexity index is 822. The van der Waals surface area contributed by atoms with Crippen LogP contribution in [0.15, 0.2) is 47.6 Å². The van der Waals surface area contributed by atoms with Gasteiger partial charge in [0.1, 0.15) is 4.90 Å². The number of carbonyl (C=O) groups is 1. The van der Waals surface area contributed by atoms with Gasteiger partial charge >= 0.3 is 0 Å². The Labute approximate surface area is 146 Å². The van der Waals surface area contributed by atoms with E-state index in [2.05, 4.69) is 10.3 Å². The van der Waals surface area contributed by atoms with Gasteiger partial charge in [0.05, 0.1) is 5.02 Å². The lowest BCUT2D eigenvalue weighted by molar-refractivity contribution is 0.102. The lowest BCUT2D eigenvalue weighted by atomic mass is 10.2. The SMILES string of the molecule is CCN(CC)S(=O)(=O)c1cc(NC(=O)c2ccncc2)ccc1Cl. The topological polar surface area (TPSA) is 79.4 Å². The average molecular weight is 368 g/mol. The molecule has 2 rings (SSSR count). The molecule has 0 unspecified atom stereocenters. The summed E-state index contributed by atoms with van der Waals surface area (Å²) in [6, 6.07) is 7.52. The first-order chi connectivity index (χ1) is 11.4. The fourth-order valence-electron chi connectivity index (χ4n) is 2.19. The second-order valence-corrected chi connectivity index (χ2v) is 7.24. The normalized spacial score (nSPS) is 11.5. The second-order valence-electron chi connectivity index (χ2n) is 4.92. The number of hydrogen-bond donors (Lipinski definition) is 1. The first kappa shape index (κ1) is 18.4. The summed E-state index contributed by atoms with van der Waals surface area (Å²) in [7, 11) is -3.71. The Hall–Kier alpha value is -1.96. The Morgan fingerprint density at radius 3 is 2.38 bits per heavy atom. The van der Waals surface area contributed by atoms with Crippen molar-refractivity contribution in [3.05, 3.63) is 53.3 Å². The monoisotopic (exact) mass is 367 g/mol. The number of nitrogens with one attached hydrogen (secondary N) is 1. The number of aromatic nitrogens is 1. The molecule has 0 radical (unpaired) electrons. The fourth-order valence-corrected chi connectivity index (χ4v) is 4.15. The molecule has 0 atom stereocenters. The van der Waals surface area contributed by atoms with E-state index in [4.69, 9.17) is 11.6 Å². The zero-order valence-electron chi connectivity index (χ0n) is 13.4. The number of hydrogen-bond acceptors (Lipinski definition) is 4. The number of benzene rings is 1. The number of sulfonamides is 1. The van der Waals surface area contributed by atoms with Gasteiger partial charge in [-0.2, -0.15) is 4.31 Å². The molecule has 1 aromatic heterocycles. The summed E-state index contributed by atoms with van der Waals surface area (Å²) in [5.41, 5.74) is 0.778. The van der Waals surface area contributed by atoms with Gasteiger partial charge in [-0.1, -0.05) is 25.4 Å². The highest BCUT2D eigenvalue weighted by Crippen LogP contribution is 2.28. The van der Waals surface area contributed by atoms with Gasteiger partial charge in [0, 0.05) is 36.7 Å². The van der Waals surface area contributed by atoms with Crippen LogP contribution >= 0.6 is 11.6 Å². The molecular formula is C16H18ClN3O3S. The van der Waals surface area contributed by atoms with Crippen molar-refractivity contribution in [3.63, 3.8) is 0 Å². The Morgan fingerprint density at radius 2 is 1.79 bits per heavy atom. The minimum absolute atomic E-state index is 0.0274. The standard InChI is InChI=1S/C16H18ClN3O3S/c1-3-20(4-2)24(22,23)15-11-13(5-6-14(15)17)19-16(21)12-7-9-18-10-8-12/h5-11H,3-4H2,1-2H3,(H,19,21). The second kappa shape index (κ2) is 7.74. The summed E-state index contributed by atoms with van der Waals surface area (Å²) in [4.78, 5) is 16.0. The largest absolute Gasteiger partial charge is 0.322 e. The van der Waals surface area contributed by atoms with Gasteiger partial charge in [-0.25, -0.2) is 8.42 Å². The predicted molar refractivity (Wildman–Crippen MR) is 93.7 cm³/mol. The van der Waals surface area contributed by atoms with E-state index < -0.39 is 10.0 Å². The van der Waals surface area contributed by atoms with Crippen LogP contribution in [-0.2, 0) is 10.0 Å². The highest BCUT2D eigenvalue weighted by atomic mass is 35.5. The van der Waals surface area contributed by atoms with Gasteiger partial charge in [-0.15, -0.1) is 0 Å². The van der Waals surface area contributed by atoms with E-state index in [0.717, 1.165) is 0 Å². The maximum Gasteiger partial charge on any atom is 0.255 e. The summed E-state index contributed by atoms with van der Waals surface area (Å²) in [6.07, 6.45) is 3.01. The number of rotatable bonds is 6. The van der Waals surface area contributed by atoms with Gasteiger partial charge in [-0.05, 0) is 30.3 Å². The molecular weight excluding hydrogens is 350 g/mol. The summed E-state index contributed by atoms with van der Waals surface area (Å²) in [6.45, 7) is 4.18. The van der Waals surface area contributed by atoms with Gasteiger partial charge in [0.15, 0.2) is 0 Å². The molecule has 24 heavy (non-hydrogen) atoms. The van der Waals surface area contributed by atoms with Crippen LogP contribution in [-0.4, -0.2) is 36.7 Å². The number of anilines is 1. The Kier molecular flexibility index (Phi) is 5.93. The molecule has 1 amide bonds. The quantitative estimate of drug-likeness (QED) is 0.851. The zero-order chi connectivity index (χ0) is 17.7. The molecule has 1 heterocycles. The lowest BCUT2D eigenvalue weighted by Gasteiger charge is -2.19. The third-order valence-electron chi connectivity index (χ3n) is 3.45. The van der Waals surface area contributed by atoms with Crippen LogP contribution in [0, 0.1) is 0 Å². The molecule has 1 N–H and O–H groups in total. The van der Waals surface area contributed by atoms with Crippen LogP contribution in [0.3, 0.4) is 0 Å². The fraction of sp³-hybridized carbons (Fsp3) is 0.250. The highest BCUT2D eigenvalue weighted by molar-refractivity contribution is 7.89. The molecule has 1 aromatic carbocycles. The van der Waals surface area contributed by atoms with E-state index >= 15 is 0 Å². The van der Waals surface area contributed by atoms with Gasteiger partial charge in [0.25, 0.3) is 5.91 Å². The molecule has 6 nitrogen and oxygen atoms in total. The first-order valence-electron chi connectivity index (χ1n) is 7.41. The molecule has 8 heteroatoms. The summed E-state index contributed by atoms with van der Waals surface area (Å²) >= 11 is 6.07.